The van der Waals surface area contributed by atoms with Gasteiger partial charge >= 0.3 is 0 Å². The number of methoxy groups -OCH3 is 1. The Morgan fingerprint density at radius 2 is 2.13 bits per heavy atom. The Labute approximate surface area is 223 Å². The van der Waals surface area contributed by atoms with Gasteiger partial charge in [-0.2, -0.15) is 0 Å². The summed E-state index contributed by atoms with van der Waals surface area (Å²) in [5, 5.41) is 13.1. The Morgan fingerprint density at radius 3 is 2.89 bits per heavy atom. The van der Waals surface area contributed by atoms with E-state index in [1.165, 1.54) is 11.3 Å². The Kier molecular flexibility index (Phi) is 8.11. The van der Waals surface area contributed by atoms with E-state index in [1.54, 1.807) is 14.0 Å². The fraction of sp³-hybridized carbons (Fsp3) is 0.423. The number of carbonyl (C=O) groups excluding carboxylic acids is 1. The van der Waals surface area contributed by atoms with Crippen LogP contribution >= 0.6 is 11.3 Å². The smallest absolute Gasteiger partial charge is 0.287 e. The summed E-state index contributed by atoms with van der Waals surface area (Å²) < 4.78 is 16.7. The summed E-state index contributed by atoms with van der Waals surface area (Å²) in [5.41, 5.74) is 1.32. The molecule has 0 bridgehead atoms. The van der Waals surface area contributed by atoms with Crippen molar-refractivity contribution < 1.29 is 18.7 Å². The van der Waals surface area contributed by atoms with Gasteiger partial charge in [-0.05, 0) is 54.9 Å². The van der Waals surface area contributed by atoms with E-state index in [0.29, 0.717) is 53.4 Å². The molecule has 2 N–H and O–H groups in total. The number of thiophene rings is 1. The van der Waals surface area contributed by atoms with Crippen LogP contribution in [0.15, 0.2) is 38.9 Å². The van der Waals surface area contributed by atoms with Crippen LogP contribution in [-0.4, -0.2) is 57.8 Å². The van der Waals surface area contributed by atoms with Crippen molar-refractivity contribution in [2.24, 2.45) is 5.92 Å². The number of ether oxygens (including phenoxy) is 2. The maximum Gasteiger partial charge on any atom is 0.287 e. The number of H-pyrrole nitrogens is 1. The van der Waals surface area contributed by atoms with Crippen molar-refractivity contribution in [2.45, 2.75) is 39.5 Å². The van der Waals surface area contributed by atoms with Crippen molar-refractivity contribution in [3.05, 3.63) is 68.7 Å². The van der Waals surface area contributed by atoms with Crippen LogP contribution in [-0.2, 0) is 24.4 Å². The van der Waals surface area contributed by atoms with Crippen LogP contribution in [0.25, 0.3) is 10.2 Å². The first-order valence-corrected chi connectivity index (χ1v) is 13.4. The first-order chi connectivity index (χ1) is 18.5. The van der Waals surface area contributed by atoms with Gasteiger partial charge in [0.15, 0.2) is 0 Å². The molecule has 0 atom stereocenters. The molecule has 0 saturated carbocycles. The number of likely N-dealkylation sites (tertiary alicyclic amines) is 1. The van der Waals surface area contributed by atoms with Crippen molar-refractivity contribution in [1.29, 1.82) is 0 Å². The number of nitrogens with one attached hydrogen (secondary N) is 2. The molecule has 38 heavy (non-hydrogen) atoms. The van der Waals surface area contributed by atoms with Crippen molar-refractivity contribution in [3.8, 4) is 5.75 Å². The largest absolute Gasteiger partial charge is 0.497 e. The highest BCUT2D eigenvalue weighted by molar-refractivity contribution is 7.16. The molecular formula is C26H30N6O5S. The molecule has 0 aliphatic carbocycles. The lowest BCUT2D eigenvalue weighted by molar-refractivity contribution is 0.0550. The summed E-state index contributed by atoms with van der Waals surface area (Å²) in [6.45, 7) is 5.60. The van der Waals surface area contributed by atoms with Crippen LogP contribution < -0.4 is 15.6 Å². The lowest BCUT2D eigenvalue weighted by Gasteiger charge is -2.30. The van der Waals surface area contributed by atoms with Gasteiger partial charge in [-0.15, -0.1) is 21.5 Å². The number of nitrogens with zero attached hydrogens (tertiary/aromatic N) is 4. The third kappa shape index (κ3) is 6.26. The Bertz CT molecular complexity index is 1460. The third-order valence-corrected chi connectivity index (χ3v) is 7.49. The highest BCUT2D eigenvalue weighted by Gasteiger charge is 2.21. The van der Waals surface area contributed by atoms with E-state index in [1.807, 2.05) is 29.6 Å². The van der Waals surface area contributed by atoms with Crippen molar-refractivity contribution >= 4 is 27.5 Å². The van der Waals surface area contributed by atoms with Gasteiger partial charge < -0.3 is 24.2 Å². The Balaban J connectivity index is 1.12. The van der Waals surface area contributed by atoms with Crippen molar-refractivity contribution in [3.63, 3.8) is 0 Å². The Morgan fingerprint density at radius 1 is 1.29 bits per heavy atom. The summed E-state index contributed by atoms with van der Waals surface area (Å²) in [6, 6.07) is 7.41. The predicted octanol–water partition coefficient (Wildman–Crippen LogP) is 3.04. The number of amides is 1. The molecule has 4 heterocycles. The average molecular weight is 539 g/mol. The zero-order valence-corrected chi connectivity index (χ0v) is 22.2. The number of carbonyl (C=O) groups is 1. The topological polar surface area (TPSA) is 135 Å². The standard InChI is InChI=1S/C26H30N6O5S/c1-16-30-31-21(37-16)12-32-8-6-17(7-9-32)13-36-14-19-15-38-26-22(19)24(33)28-23(29-26)25(34)27-11-18-4-3-5-20(10-18)35-2/h3-5,10,15,17H,6-9,11-14H2,1-2H3,(H,27,34)(H,28,29,33). The molecular weight excluding hydrogens is 508 g/mol. The molecule has 3 aromatic heterocycles. The van der Waals surface area contributed by atoms with Gasteiger partial charge in [0, 0.05) is 25.6 Å². The third-order valence-electron chi connectivity index (χ3n) is 6.57. The number of aryl methyl sites for hydroxylation is 1. The lowest BCUT2D eigenvalue weighted by Crippen LogP contribution is -2.34. The highest BCUT2D eigenvalue weighted by Crippen LogP contribution is 2.24. The predicted molar refractivity (Wildman–Crippen MR) is 141 cm³/mol. The molecule has 1 fully saturated rings. The first-order valence-electron chi connectivity index (χ1n) is 12.5. The zero-order valence-electron chi connectivity index (χ0n) is 21.4. The lowest BCUT2D eigenvalue weighted by atomic mass is 9.98. The number of aromatic nitrogens is 4. The molecule has 0 radical (unpaired) electrons. The second-order valence-electron chi connectivity index (χ2n) is 9.34. The molecule has 5 rings (SSSR count). The van der Waals surface area contributed by atoms with Crippen LogP contribution in [0.3, 0.4) is 0 Å². The van der Waals surface area contributed by atoms with E-state index in [2.05, 4.69) is 30.4 Å². The summed E-state index contributed by atoms with van der Waals surface area (Å²) in [7, 11) is 1.59. The van der Waals surface area contributed by atoms with Crippen LogP contribution in [0.2, 0.25) is 0 Å². The van der Waals surface area contributed by atoms with E-state index >= 15 is 0 Å². The normalized spacial score (nSPS) is 14.7. The fourth-order valence-corrected chi connectivity index (χ4v) is 5.43. The molecule has 4 aromatic rings. The number of fused-ring (bicyclic) bond motifs is 1. The fourth-order valence-electron chi connectivity index (χ4n) is 4.51. The minimum absolute atomic E-state index is 0.0119. The van der Waals surface area contributed by atoms with Gasteiger partial charge in [-0.3, -0.25) is 14.5 Å². The number of hydrogen-bond acceptors (Lipinski definition) is 10. The van der Waals surface area contributed by atoms with Crippen molar-refractivity contribution in [1.82, 2.24) is 30.4 Å². The molecule has 11 nitrogen and oxygen atoms in total. The average Bonchev–Trinajstić information content (AvgIpc) is 3.54. The molecule has 1 aromatic carbocycles. The molecule has 1 saturated heterocycles. The molecule has 0 unspecified atom stereocenters. The zero-order chi connectivity index (χ0) is 26.5. The summed E-state index contributed by atoms with van der Waals surface area (Å²) in [5.74, 6) is 1.94. The minimum Gasteiger partial charge on any atom is -0.497 e. The molecule has 1 amide bonds. The van der Waals surface area contributed by atoms with Crippen LogP contribution in [0.5, 0.6) is 5.75 Å². The maximum absolute atomic E-state index is 12.8. The van der Waals surface area contributed by atoms with Crippen LogP contribution in [0.4, 0.5) is 0 Å². The number of benzene rings is 1. The molecule has 0 spiro atoms. The quantitative estimate of drug-likeness (QED) is 0.312. The van der Waals surface area contributed by atoms with Gasteiger partial charge in [0.1, 0.15) is 10.6 Å². The van der Waals surface area contributed by atoms with E-state index in [4.69, 9.17) is 13.9 Å². The number of rotatable bonds is 10. The van der Waals surface area contributed by atoms with E-state index in [9.17, 15) is 9.59 Å². The van der Waals surface area contributed by atoms with Gasteiger partial charge in [-0.1, -0.05) is 12.1 Å². The molecule has 1 aliphatic heterocycles. The van der Waals surface area contributed by atoms with Gasteiger partial charge in [0.2, 0.25) is 17.6 Å². The van der Waals surface area contributed by atoms with Crippen LogP contribution in [0.1, 0.15) is 46.4 Å². The molecule has 200 valence electrons. The molecule has 12 heteroatoms. The first kappa shape index (κ1) is 26.0. The number of hydrogen-bond donors (Lipinski definition) is 2. The SMILES string of the molecule is COc1cccc(CNC(=O)c2nc3scc(COCC4CCN(Cc5nnc(C)o5)CC4)c3c(=O)[nH]2)c1. The van der Waals surface area contributed by atoms with E-state index < -0.39 is 5.91 Å². The number of piperidine rings is 1. The monoisotopic (exact) mass is 538 g/mol. The van der Waals surface area contributed by atoms with Crippen molar-refractivity contribution in [2.75, 3.05) is 26.8 Å². The number of aromatic amines is 1. The van der Waals surface area contributed by atoms with Gasteiger partial charge in [0.25, 0.3) is 11.5 Å². The summed E-state index contributed by atoms with van der Waals surface area (Å²) in [6.07, 6.45) is 2.04. The maximum atomic E-state index is 12.8. The highest BCUT2D eigenvalue weighted by atomic mass is 32.1. The van der Waals surface area contributed by atoms with E-state index in [0.717, 1.165) is 37.1 Å². The second kappa shape index (κ2) is 11.8. The van der Waals surface area contributed by atoms with E-state index in [-0.39, 0.29) is 17.9 Å². The minimum atomic E-state index is -0.446. The van der Waals surface area contributed by atoms with Gasteiger partial charge in [-0.25, -0.2) is 4.98 Å². The molecule has 1 aliphatic rings. The second-order valence-corrected chi connectivity index (χ2v) is 10.2. The summed E-state index contributed by atoms with van der Waals surface area (Å²) in [4.78, 5) is 35.3. The van der Waals surface area contributed by atoms with Gasteiger partial charge in [0.05, 0.1) is 25.6 Å². The summed E-state index contributed by atoms with van der Waals surface area (Å²) >= 11 is 1.33. The van der Waals surface area contributed by atoms with Crippen LogP contribution in [0, 0.1) is 12.8 Å². The Hall–Kier alpha value is -3.61.